The molecule has 1 fully saturated rings. The summed E-state index contributed by atoms with van der Waals surface area (Å²) in [5, 5.41) is 0. The highest BCUT2D eigenvalue weighted by Gasteiger charge is 2.36. The number of epoxide rings is 1. The van der Waals surface area contributed by atoms with Gasteiger partial charge in [-0.05, 0) is 83.5 Å². The summed E-state index contributed by atoms with van der Waals surface area (Å²) in [6, 6.07) is 0. The van der Waals surface area contributed by atoms with Crippen molar-refractivity contribution in [2.75, 3.05) is 26.4 Å². The first-order chi connectivity index (χ1) is 28.3. The second kappa shape index (κ2) is 38.8. The number of unbranched alkanes of at least 4 members (excludes halogenated alkanes) is 15. The van der Waals surface area contributed by atoms with Crippen LogP contribution in [0.5, 0.6) is 0 Å². The quantitative estimate of drug-likeness (QED) is 0.0200. The number of phosphoric acid groups is 1. The highest BCUT2D eigenvalue weighted by atomic mass is 31.2. The molecule has 0 aromatic heterocycles. The van der Waals surface area contributed by atoms with Crippen LogP contribution in [-0.4, -0.2) is 61.5 Å². The third-order valence-corrected chi connectivity index (χ3v) is 10.8. The van der Waals surface area contributed by atoms with E-state index in [1.807, 2.05) is 0 Å². The summed E-state index contributed by atoms with van der Waals surface area (Å²) in [5.74, 6) is -0.912. The van der Waals surface area contributed by atoms with E-state index in [1.165, 1.54) is 83.5 Å². The summed E-state index contributed by atoms with van der Waals surface area (Å²) in [5.41, 5.74) is 5.35. The van der Waals surface area contributed by atoms with Gasteiger partial charge in [0.15, 0.2) is 6.10 Å². The highest BCUT2D eigenvalue weighted by Crippen LogP contribution is 2.43. The monoisotopic (exact) mass is 836 g/mol. The Morgan fingerprint density at radius 2 is 1.12 bits per heavy atom. The molecule has 334 valence electrons. The van der Waals surface area contributed by atoms with Gasteiger partial charge in [-0.2, -0.15) is 0 Å². The largest absolute Gasteiger partial charge is 0.472 e. The van der Waals surface area contributed by atoms with E-state index in [1.54, 1.807) is 0 Å². The van der Waals surface area contributed by atoms with Crippen molar-refractivity contribution >= 4 is 19.8 Å². The lowest BCUT2D eigenvalue weighted by atomic mass is 10.1. The highest BCUT2D eigenvalue weighted by molar-refractivity contribution is 7.47. The molecule has 0 amide bonds. The smallest absolute Gasteiger partial charge is 0.462 e. The molecule has 1 heterocycles. The topological polar surface area (TPSA) is 147 Å². The van der Waals surface area contributed by atoms with Crippen LogP contribution in [0.2, 0.25) is 0 Å². The third kappa shape index (κ3) is 35.6. The number of esters is 2. The maximum Gasteiger partial charge on any atom is 0.472 e. The van der Waals surface area contributed by atoms with Crippen LogP contribution in [0.25, 0.3) is 0 Å². The minimum Gasteiger partial charge on any atom is -0.462 e. The average molecular weight is 836 g/mol. The fourth-order valence-corrected chi connectivity index (χ4v) is 7.05. The molecule has 3 N–H and O–H groups in total. The molecule has 0 bridgehead atoms. The van der Waals surface area contributed by atoms with Crippen LogP contribution in [-0.2, 0) is 37.4 Å². The van der Waals surface area contributed by atoms with Gasteiger partial charge in [-0.1, -0.05) is 145 Å². The van der Waals surface area contributed by atoms with Gasteiger partial charge in [0, 0.05) is 19.4 Å². The van der Waals surface area contributed by atoms with Crippen molar-refractivity contribution in [3.8, 4) is 0 Å². The Labute approximate surface area is 353 Å². The van der Waals surface area contributed by atoms with Crippen molar-refractivity contribution in [2.45, 2.75) is 199 Å². The Morgan fingerprint density at radius 3 is 1.69 bits per heavy atom. The number of ether oxygens (including phenoxy) is 3. The predicted octanol–water partition coefficient (Wildman–Crippen LogP) is 12.3. The van der Waals surface area contributed by atoms with Crippen molar-refractivity contribution in [2.24, 2.45) is 5.73 Å². The average Bonchev–Trinajstić information content (AvgIpc) is 3.97. The summed E-state index contributed by atoms with van der Waals surface area (Å²) < 4.78 is 38.6. The number of carbonyl (C=O) groups excluding carboxylic acids is 2. The molecule has 0 saturated carbocycles. The third-order valence-electron chi connectivity index (χ3n) is 9.80. The lowest BCUT2D eigenvalue weighted by molar-refractivity contribution is -0.161. The van der Waals surface area contributed by atoms with Gasteiger partial charge in [0.05, 0.1) is 25.4 Å². The second-order valence-corrected chi connectivity index (χ2v) is 16.8. The molecule has 1 saturated heterocycles. The van der Waals surface area contributed by atoms with Crippen LogP contribution in [0.4, 0.5) is 0 Å². The first kappa shape index (κ1) is 53.7. The Bertz CT molecular complexity index is 1200. The fourth-order valence-electron chi connectivity index (χ4n) is 6.28. The molecule has 3 unspecified atom stereocenters. The van der Waals surface area contributed by atoms with Gasteiger partial charge in [-0.15, -0.1) is 0 Å². The normalized spacial score (nSPS) is 17.3. The molecule has 0 aliphatic carbocycles. The van der Waals surface area contributed by atoms with Crippen molar-refractivity contribution < 1.29 is 42.3 Å². The minimum atomic E-state index is -4.40. The molecular formula is C47H82NO9P. The Hall–Kier alpha value is -2.33. The van der Waals surface area contributed by atoms with Crippen LogP contribution < -0.4 is 5.73 Å². The number of rotatable bonds is 41. The summed E-state index contributed by atoms with van der Waals surface area (Å²) in [6.45, 7) is 3.59. The first-order valence-corrected chi connectivity index (χ1v) is 24.4. The molecule has 0 radical (unpaired) electrons. The van der Waals surface area contributed by atoms with Crippen molar-refractivity contribution in [1.29, 1.82) is 0 Å². The summed E-state index contributed by atoms with van der Waals surface area (Å²) in [7, 11) is -4.40. The van der Waals surface area contributed by atoms with E-state index in [-0.39, 0.29) is 44.8 Å². The number of hydrogen-bond donors (Lipinski definition) is 2. The molecule has 0 spiro atoms. The molecule has 10 nitrogen and oxygen atoms in total. The molecule has 1 aliphatic heterocycles. The van der Waals surface area contributed by atoms with Gasteiger partial charge in [-0.3, -0.25) is 18.6 Å². The van der Waals surface area contributed by atoms with Crippen LogP contribution in [0, 0.1) is 0 Å². The molecular weight excluding hydrogens is 753 g/mol. The lowest BCUT2D eigenvalue weighted by Crippen LogP contribution is -2.29. The van der Waals surface area contributed by atoms with E-state index in [4.69, 9.17) is 29.0 Å². The number of phosphoric ester groups is 1. The zero-order valence-electron chi connectivity index (χ0n) is 36.5. The number of carbonyl (C=O) groups is 2. The lowest BCUT2D eigenvalue weighted by Gasteiger charge is -2.19. The van der Waals surface area contributed by atoms with E-state index in [0.717, 1.165) is 57.8 Å². The van der Waals surface area contributed by atoms with Crippen molar-refractivity contribution in [3.05, 3.63) is 60.8 Å². The van der Waals surface area contributed by atoms with Gasteiger partial charge >= 0.3 is 19.8 Å². The first-order valence-electron chi connectivity index (χ1n) is 22.9. The maximum atomic E-state index is 12.6. The SMILES string of the molecule is CCCCC/C=C\C/C=C\C/C=C\CC1OC1CCCC(=O)OC[C@H](COP(=O)(O)OCCN)OC(=O)CCCCCCCCCCC/C=C\C/C=C\CCCCC. The van der Waals surface area contributed by atoms with E-state index in [2.05, 4.69) is 74.6 Å². The summed E-state index contributed by atoms with van der Waals surface area (Å²) >= 11 is 0. The van der Waals surface area contributed by atoms with E-state index in [9.17, 15) is 19.0 Å². The molecule has 4 atom stereocenters. The Balaban J connectivity index is 2.21. The van der Waals surface area contributed by atoms with Crippen molar-refractivity contribution in [3.63, 3.8) is 0 Å². The van der Waals surface area contributed by atoms with Gasteiger partial charge in [-0.25, -0.2) is 4.57 Å². The van der Waals surface area contributed by atoms with Gasteiger partial charge in [0.25, 0.3) is 0 Å². The molecule has 11 heteroatoms. The number of nitrogens with two attached hydrogens (primary N) is 1. The zero-order valence-corrected chi connectivity index (χ0v) is 37.4. The fraction of sp³-hybridized carbons (Fsp3) is 0.745. The van der Waals surface area contributed by atoms with E-state index < -0.39 is 32.5 Å². The molecule has 0 aromatic rings. The van der Waals surface area contributed by atoms with E-state index >= 15 is 0 Å². The molecule has 1 aliphatic rings. The minimum absolute atomic E-state index is 0.0397. The predicted molar refractivity (Wildman–Crippen MR) is 237 cm³/mol. The van der Waals surface area contributed by atoms with E-state index in [0.29, 0.717) is 12.8 Å². The molecule has 58 heavy (non-hydrogen) atoms. The van der Waals surface area contributed by atoms with Gasteiger partial charge in [0.2, 0.25) is 0 Å². The van der Waals surface area contributed by atoms with Crippen LogP contribution in [0.1, 0.15) is 181 Å². The zero-order chi connectivity index (χ0) is 42.2. The maximum absolute atomic E-state index is 12.6. The number of allylic oxidation sites excluding steroid dienone is 9. The van der Waals surface area contributed by atoms with Crippen LogP contribution in [0.15, 0.2) is 60.8 Å². The Morgan fingerprint density at radius 1 is 0.621 bits per heavy atom. The Kier molecular flexibility index (Phi) is 36.0. The second-order valence-electron chi connectivity index (χ2n) is 15.3. The summed E-state index contributed by atoms with van der Waals surface area (Å²) in [6.07, 6.45) is 48.4. The van der Waals surface area contributed by atoms with Crippen LogP contribution in [0.3, 0.4) is 0 Å². The van der Waals surface area contributed by atoms with Gasteiger partial charge in [0.1, 0.15) is 6.61 Å². The standard InChI is InChI=1S/C47H82NO9P/c1-3-5-7-9-11-13-15-17-18-19-20-21-22-23-25-27-29-31-33-37-47(50)56-43(42-55-58(51,52)54-40-39-48)41-53-46(49)38-34-36-45-44(57-45)35-32-30-28-26-24-16-14-12-10-8-6-4-2/h11-14,17-18,24,26,30,32,43-45H,3-10,15-16,19-23,25,27-29,31,33-42,48H2,1-2H3,(H,51,52)/b13-11-,14-12-,18-17-,26-24-,32-30-/t43-,44?,45?/m1/s1. The van der Waals surface area contributed by atoms with Gasteiger partial charge < -0.3 is 24.8 Å². The summed E-state index contributed by atoms with van der Waals surface area (Å²) in [4.78, 5) is 35.0. The van der Waals surface area contributed by atoms with Crippen LogP contribution >= 0.6 is 7.82 Å². The molecule has 0 aromatic carbocycles. The molecule has 1 rings (SSSR count). The van der Waals surface area contributed by atoms with Crippen molar-refractivity contribution in [1.82, 2.24) is 0 Å². The number of hydrogen-bond acceptors (Lipinski definition) is 9.